The molecule has 8 nitrogen and oxygen atoms in total. The molecule has 0 bridgehead atoms. The monoisotopic (exact) mass is 394 g/mol. The van der Waals surface area contributed by atoms with Gasteiger partial charge in [0.1, 0.15) is 5.82 Å². The minimum atomic E-state index is -3.58. The van der Waals surface area contributed by atoms with E-state index in [1.807, 2.05) is 24.3 Å². The summed E-state index contributed by atoms with van der Waals surface area (Å²) in [5.74, 6) is 1.16. The maximum Gasteiger partial charge on any atom is 0.240 e. The van der Waals surface area contributed by atoms with Crippen LogP contribution in [0.2, 0.25) is 0 Å². The Morgan fingerprint density at radius 1 is 0.893 bits per heavy atom. The number of hydrogen-bond acceptors (Lipinski definition) is 6. The third-order valence-electron chi connectivity index (χ3n) is 4.14. The van der Waals surface area contributed by atoms with Crippen molar-refractivity contribution >= 4 is 26.6 Å². The zero-order valence-corrected chi connectivity index (χ0v) is 15.7. The average Bonchev–Trinajstić information content (AvgIpc) is 3.26. The van der Waals surface area contributed by atoms with Crippen molar-refractivity contribution < 1.29 is 8.42 Å². The molecule has 2 aromatic heterocycles. The summed E-state index contributed by atoms with van der Waals surface area (Å²) < 4.78 is 29.2. The van der Waals surface area contributed by atoms with Crippen LogP contribution in [0.15, 0.2) is 78.0 Å². The molecule has 2 heterocycles. The fraction of sp³-hybridized carbons (Fsp3) is 0.105. The van der Waals surface area contributed by atoms with Crippen LogP contribution in [-0.2, 0) is 10.0 Å². The summed E-state index contributed by atoms with van der Waals surface area (Å²) >= 11 is 0. The Bertz CT molecular complexity index is 1170. The van der Waals surface area contributed by atoms with Crippen LogP contribution in [0.5, 0.6) is 0 Å². The molecular weight excluding hydrogens is 376 g/mol. The van der Waals surface area contributed by atoms with Crippen molar-refractivity contribution in [2.24, 2.45) is 0 Å². The maximum atomic E-state index is 12.5. The molecule has 0 aliphatic heterocycles. The Morgan fingerprint density at radius 2 is 1.75 bits per heavy atom. The van der Waals surface area contributed by atoms with Gasteiger partial charge in [-0.1, -0.05) is 30.3 Å². The number of hydrogen-bond donors (Lipinski definition) is 2. The van der Waals surface area contributed by atoms with Crippen molar-refractivity contribution in [3.8, 4) is 5.82 Å². The molecule has 0 aliphatic carbocycles. The highest BCUT2D eigenvalue weighted by molar-refractivity contribution is 7.89. The molecule has 0 amide bonds. The van der Waals surface area contributed by atoms with Gasteiger partial charge < -0.3 is 5.32 Å². The van der Waals surface area contributed by atoms with Crippen molar-refractivity contribution in [2.45, 2.75) is 4.90 Å². The van der Waals surface area contributed by atoms with Gasteiger partial charge in [0.05, 0.1) is 4.90 Å². The predicted octanol–water partition coefficient (Wildman–Crippen LogP) is 2.21. The lowest BCUT2D eigenvalue weighted by Crippen LogP contribution is -2.29. The van der Waals surface area contributed by atoms with Crippen LogP contribution in [0.3, 0.4) is 0 Å². The number of nitrogens with zero attached hydrogens (tertiary/aromatic N) is 4. The summed E-state index contributed by atoms with van der Waals surface area (Å²) in [5.41, 5.74) is 0. The minimum Gasteiger partial charge on any atom is -0.367 e. The van der Waals surface area contributed by atoms with Gasteiger partial charge in [-0.15, -0.1) is 10.2 Å². The number of nitrogens with one attached hydrogen (secondary N) is 2. The zero-order valence-electron chi connectivity index (χ0n) is 14.9. The van der Waals surface area contributed by atoms with E-state index in [1.54, 1.807) is 53.5 Å². The van der Waals surface area contributed by atoms with Crippen molar-refractivity contribution in [2.75, 3.05) is 18.4 Å². The van der Waals surface area contributed by atoms with E-state index in [0.29, 0.717) is 18.2 Å². The molecule has 28 heavy (non-hydrogen) atoms. The summed E-state index contributed by atoms with van der Waals surface area (Å²) in [4.78, 5) is 0.245. The predicted molar refractivity (Wildman–Crippen MR) is 107 cm³/mol. The van der Waals surface area contributed by atoms with Crippen LogP contribution in [0.4, 0.5) is 5.82 Å². The Balaban J connectivity index is 1.33. The Kier molecular flexibility index (Phi) is 5.00. The minimum absolute atomic E-state index is 0.220. The first kappa shape index (κ1) is 18.1. The molecule has 2 N–H and O–H groups in total. The SMILES string of the molecule is O=S(=O)(NCCNc1ccc(-n2cccn2)nn1)c1ccc2ccccc2c1. The van der Waals surface area contributed by atoms with Crippen molar-refractivity contribution in [3.63, 3.8) is 0 Å². The van der Waals surface area contributed by atoms with E-state index in [-0.39, 0.29) is 11.4 Å². The lowest BCUT2D eigenvalue weighted by atomic mass is 10.1. The third kappa shape index (κ3) is 4.00. The van der Waals surface area contributed by atoms with Crippen LogP contribution < -0.4 is 10.0 Å². The lowest BCUT2D eigenvalue weighted by molar-refractivity contribution is 0.583. The van der Waals surface area contributed by atoms with E-state index in [4.69, 9.17) is 0 Å². The van der Waals surface area contributed by atoms with Crippen molar-refractivity contribution in [3.05, 3.63) is 73.1 Å². The quantitative estimate of drug-likeness (QED) is 0.466. The summed E-state index contributed by atoms with van der Waals surface area (Å²) in [7, 11) is -3.58. The van der Waals surface area contributed by atoms with E-state index in [2.05, 4.69) is 25.3 Å². The normalized spacial score (nSPS) is 11.6. The first-order chi connectivity index (χ1) is 13.6. The smallest absolute Gasteiger partial charge is 0.240 e. The molecule has 4 rings (SSSR count). The highest BCUT2D eigenvalue weighted by Crippen LogP contribution is 2.18. The van der Waals surface area contributed by atoms with Gasteiger partial charge in [0.15, 0.2) is 5.82 Å². The average molecular weight is 394 g/mol. The van der Waals surface area contributed by atoms with Gasteiger partial charge in [-0.2, -0.15) is 5.10 Å². The first-order valence-corrected chi connectivity index (χ1v) is 10.2. The van der Waals surface area contributed by atoms with Crippen molar-refractivity contribution in [1.82, 2.24) is 24.7 Å². The summed E-state index contributed by atoms with van der Waals surface area (Å²) in [5, 5.41) is 17.1. The zero-order chi connectivity index (χ0) is 19.4. The topological polar surface area (TPSA) is 102 Å². The van der Waals surface area contributed by atoms with Crippen LogP contribution >= 0.6 is 0 Å². The number of aromatic nitrogens is 4. The number of rotatable bonds is 7. The number of benzene rings is 2. The molecule has 0 fully saturated rings. The first-order valence-electron chi connectivity index (χ1n) is 8.68. The highest BCUT2D eigenvalue weighted by atomic mass is 32.2. The molecule has 0 saturated carbocycles. The van der Waals surface area contributed by atoms with Gasteiger partial charge in [-0.25, -0.2) is 17.8 Å². The molecular formula is C19H18N6O2S. The van der Waals surface area contributed by atoms with Gasteiger partial charge in [-0.05, 0) is 41.1 Å². The molecule has 0 saturated heterocycles. The second-order valence-corrected chi connectivity index (χ2v) is 7.83. The molecule has 2 aromatic carbocycles. The molecule has 142 valence electrons. The molecule has 0 spiro atoms. The van der Waals surface area contributed by atoms with E-state index in [0.717, 1.165) is 10.8 Å². The Hall–Kier alpha value is -3.30. The van der Waals surface area contributed by atoms with Gasteiger partial charge in [0.25, 0.3) is 0 Å². The summed E-state index contributed by atoms with van der Waals surface area (Å²) in [6.07, 6.45) is 3.44. The van der Waals surface area contributed by atoms with Crippen LogP contribution in [0.1, 0.15) is 0 Å². The summed E-state index contributed by atoms with van der Waals surface area (Å²) in [6, 6.07) is 18.1. The highest BCUT2D eigenvalue weighted by Gasteiger charge is 2.13. The molecule has 0 atom stereocenters. The Morgan fingerprint density at radius 3 is 2.50 bits per heavy atom. The van der Waals surface area contributed by atoms with Gasteiger partial charge >= 0.3 is 0 Å². The van der Waals surface area contributed by atoms with E-state index < -0.39 is 10.0 Å². The van der Waals surface area contributed by atoms with Gasteiger partial charge in [0.2, 0.25) is 10.0 Å². The molecule has 0 unspecified atom stereocenters. The maximum absolute atomic E-state index is 12.5. The van der Waals surface area contributed by atoms with Crippen LogP contribution in [-0.4, -0.2) is 41.5 Å². The molecule has 4 aromatic rings. The van der Waals surface area contributed by atoms with E-state index in [9.17, 15) is 8.42 Å². The molecule has 9 heteroatoms. The lowest BCUT2D eigenvalue weighted by Gasteiger charge is -2.09. The second-order valence-electron chi connectivity index (χ2n) is 6.06. The standard InChI is InChI=1S/C19H18N6O2S/c26-28(27,17-7-6-15-4-1-2-5-16(15)14-17)22-12-11-20-18-8-9-19(24-23-18)25-13-3-10-21-25/h1-10,13-14,22H,11-12H2,(H,20,23). The molecule has 0 radical (unpaired) electrons. The fourth-order valence-corrected chi connectivity index (χ4v) is 3.81. The molecule has 0 aliphatic rings. The van der Waals surface area contributed by atoms with Crippen LogP contribution in [0, 0.1) is 0 Å². The van der Waals surface area contributed by atoms with E-state index >= 15 is 0 Å². The van der Waals surface area contributed by atoms with Crippen molar-refractivity contribution in [1.29, 1.82) is 0 Å². The van der Waals surface area contributed by atoms with Gasteiger partial charge in [-0.3, -0.25) is 0 Å². The number of fused-ring (bicyclic) bond motifs is 1. The summed E-state index contributed by atoms with van der Waals surface area (Å²) in [6.45, 7) is 0.598. The van der Waals surface area contributed by atoms with Crippen LogP contribution in [0.25, 0.3) is 16.6 Å². The largest absolute Gasteiger partial charge is 0.367 e. The number of anilines is 1. The van der Waals surface area contributed by atoms with E-state index in [1.165, 1.54) is 0 Å². The van der Waals surface area contributed by atoms with Gasteiger partial charge in [0, 0.05) is 25.5 Å². The second kappa shape index (κ2) is 7.75. The third-order valence-corrected chi connectivity index (χ3v) is 5.60. The number of sulfonamides is 1. The fourth-order valence-electron chi connectivity index (χ4n) is 2.74. The Labute approximate surface area is 162 Å².